The van der Waals surface area contributed by atoms with Crippen LogP contribution in [0.4, 0.5) is 11.6 Å². The Morgan fingerprint density at radius 2 is 1.32 bits per heavy atom. The lowest BCUT2D eigenvalue weighted by atomic mass is 10.1. The van der Waals surface area contributed by atoms with Gasteiger partial charge in [0.1, 0.15) is 6.04 Å². The number of nitrogens with two attached hydrogens (primary N) is 4. The van der Waals surface area contributed by atoms with Crippen molar-refractivity contribution >= 4 is 58.6 Å². The number of H-pyrrole nitrogens is 1. The van der Waals surface area contributed by atoms with Gasteiger partial charge in [-0.25, -0.2) is 14.8 Å². The third-order valence-corrected chi connectivity index (χ3v) is 4.88. The molecule has 0 saturated carbocycles. The number of carbonyl (C=O) groups is 6. The highest BCUT2D eigenvalue weighted by Crippen LogP contribution is 2.12. The Bertz CT molecular complexity index is 1550. The molecule has 16 N–H and O–H groups in total. The van der Waals surface area contributed by atoms with Gasteiger partial charge in [-0.2, -0.15) is 4.98 Å². The molecule has 3 aromatic rings. The number of aromatic amines is 1. The molecular weight excluding hydrogens is 632 g/mol. The standard InChI is InChI=1S/C19H19N7O6.3C2H5NO2/c20-19-25-15-14(17(30)26-19)23-11(8-22-15)7-21-10-3-1-9(2-4-10)16(29)24-12(18(31)32)5-6-13(27)28;3*3-1-2(4)5/h1-4,8,12,21H,5-7H2,(H,24,29)(H,27,28)(H,31,32)(H3,20,22,25,26,30);3*1,3H2,(H,4,5)/t12-;;;/m0.../s1. The second-order valence-electron chi connectivity index (χ2n) is 8.51. The highest BCUT2D eigenvalue weighted by atomic mass is 16.4. The van der Waals surface area contributed by atoms with Crippen LogP contribution in [0.2, 0.25) is 0 Å². The number of hydrogen-bond acceptors (Lipinski definition) is 15. The summed E-state index contributed by atoms with van der Waals surface area (Å²) in [6.07, 6.45) is 0.840. The maximum atomic E-state index is 12.3. The molecule has 0 aliphatic carbocycles. The molecule has 0 aliphatic rings. The number of nitrogens with one attached hydrogen (secondary N) is 3. The highest BCUT2D eigenvalue weighted by molar-refractivity contribution is 5.97. The fraction of sp³-hybridized carbons (Fsp3) is 0.280. The number of aromatic nitrogens is 4. The normalized spacial score (nSPS) is 10.3. The summed E-state index contributed by atoms with van der Waals surface area (Å²) >= 11 is 0. The molecule has 256 valence electrons. The molecule has 0 unspecified atom stereocenters. The van der Waals surface area contributed by atoms with Gasteiger partial charge in [0.15, 0.2) is 11.2 Å². The largest absolute Gasteiger partial charge is 0.481 e. The summed E-state index contributed by atoms with van der Waals surface area (Å²) in [5, 5.41) is 46.0. The lowest BCUT2D eigenvalue weighted by Gasteiger charge is -2.14. The fourth-order valence-corrected chi connectivity index (χ4v) is 2.75. The van der Waals surface area contributed by atoms with Gasteiger partial charge in [0, 0.05) is 17.7 Å². The zero-order valence-corrected chi connectivity index (χ0v) is 24.5. The molecule has 2 aromatic heterocycles. The topological polar surface area (TPSA) is 403 Å². The Kier molecular flexibility index (Phi) is 18.6. The third kappa shape index (κ3) is 17.6. The molecule has 1 atom stereocenters. The third-order valence-electron chi connectivity index (χ3n) is 4.88. The molecule has 2 heterocycles. The molecule has 0 radical (unpaired) electrons. The van der Waals surface area contributed by atoms with Crippen LogP contribution in [0.1, 0.15) is 28.9 Å². The Morgan fingerprint density at radius 3 is 1.77 bits per heavy atom. The summed E-state index contributed by atoms with van der Waals surface area (Å²) in [6, 6.07) is 4.86. The fourth-order valence-electron chi connectivity index (χ4n) is 2.75. The van der Waals surface area contributed by atoms with Crippen LogP contribution in [0.15, 0.2) is 35.3 Å². The minimum atomic E-state index is -1.31. The van der Waals surface area contributed by atoms with Crippen molar-refractivity contribution in [3.63, 3.8) is 0 Å². The minimum absolute atomic E-state index is 0.0524. The highest BCUT2D eigenvalue weighted by Gasteiger charge is 2.21. The number of carboxylic acid groups (broad SMARTS) is 5. The SMILES string of the molecule is NCC(=O)O.NCC(=O)O.NCC(=O)O.Nc1nc2ncc(CNc3ccc(C(=O)N[C@@H](CCC(=O)O)C(=O)O)cc3)nc2c(=O)[nH]1. The van der Waals surface area contributed by atoms with Crippen LogP contribution in [0, 0.1) is 0 Å². The van der Waals surface area contributed by atoms with Gasteiger partial charge in [-0.05, 0) is 30.7 Å². The zero-order chi connectivity index (χ0) is 36.1. The van der Waals surface area contributed by atoms with Crippen LogP contribution in [-0.4, -0.2) is 107 Å². The number of amides is 1. The minimum Gasteiger partial charge on any atom is -0.481 e. The van der Waals surface area contributed by atoms with E-state index in [-0.39, 0.29) is 61.7 Å². The van der Waals surface area contributed by atoms with Crippen molar-refractivity contribution < 1.29 is 54.3 Å². The van der Waals surface area contributed by atoms with E-state index in [9.17, 15) is 33.6 Å². The molecule has 3 rings (SSSR count). The number of hydrogen-bond donors (Lipinski definition) is 12. The first-order valence-corrected chi connectivity index (χ1v) is 12.9. The maximum absolute atomic E-state index is 12.3. The van der Waals surface area contributed by atoms with Gasteiger partial charge in [-0.15, -0.1) is 0 Å². The van der Waals surface area contributed by atoms with Crippen LogP contribution in [0.25, 0.3) is 11.2 Å². The molecule has 0 aliphatic heterocycles. The van der Waals surface area contributed by atoms with Crippen LogP contribution in [0.5, 0.6) is 0 Å². The number of nitrogens with zero attached hydrogens (tertiary/aromatic N) is 3. The van der Waals surface area contributed by atoms with Gasteiger partial charge in [0.2, 0.25) is 5.95 Å². The van der Waals surface area contributed by atoms with Crippen LogP contribution < -0.4 is 39.1 Å². The number of carbonyl (C=O) groups excluding carboxylic acids is 1. The van der Waals surface area contributed by atoms with E-state index in [4.69, 9.17) is 31.3 Å². The van der Waals surface area contributed by atoms with Gasteiger partial charge >= 0.3 is 29.8 Å². The molecule has 0 fully saturated rings. The summed E-state index contributed by atoms with van der Waals surface area (Å²) < 4.78 is 0. The Labute approximate surface area is 263 Å². The number of carboxylic acids is 5. The Hall–Kier alpha value is -6.26. The zero-order valence-electron chi connectivity index (χ0n) is 24.5. The van der Waals surface area contributed by atoms with Crippen molar-refractivity contribution in [2.24, 2.45) is 17.2 Å². The molecule has 0 saturated heterocycles. The van der Waals surface area contributed by atoms with Crippen molar-refractivity contribution in [3.05, 3.63) is 52.1 Å². The predicted molar refractivity (Wildman–Crippen MR) is 162 cm³/mol. The van der Waals surface area contributed by atoms with E-state index in [2.05, 4.69) is 47.8 Å². The molecule has 0 bridgehead atoms. The lowest BCUT2D eigenvalue weighted by Crippen LogP contribution is -2.41. The molecule has 0 spiro atoms. The second-order valence-corrected chi connectivity index (χ2v) is 8.51. The van der Waals surface area contributed by atoms with Crippen molar-refractivity contribution in [1.29, 1.82) is 0 Å². The molecule has 22 heteroatoms. The van der Waals surface area contributed by atoms with E-state index in [1.165, 1.54) is 18.3 Å². The quantitative estimate of drug-likeness (QED) is 0.0918. The Balaban J connectivity index is 0.00000117. The number of benzene rings is 1. The predicted octanol–water partition coefficient (Wildman–Crippen LogP) is -2.96. The van der Waals surface area contributed by atoms with Gasteiger partial charge in [0.05, 0.1) is 38.1 Å². The first-order valence-electron chi connectivity index (χ1n) is 12.9. The van der Waals surface area contributed by atoms with Gasteiger partial charge < -0.3 is 59.1 Å². The maximum Gasteiger partial charge on any atom is 0.326 e. The number of anilines is 2. The van der Waals surface area contributed by atoms with Crippen molar-refractivity contribution in [1.82, 2.24) is 25.3 Å². The summed E-state index contributed by atoms with van der Waals surface area (Å²) in [5.41, 5.74) is 20.2. The summed E-state index contributed by atoms with van der Waals surface area (Å²) in [6.45, 7) is -0.603. The van der Waals surface area contributed by atoms with Crippen LogP contribution >= 0.6 is 0 Å². The van der Waals surface area contributed by atoms with Crippen molar-refractivity contribution in [2.75, 3.05) is 30.7 Å². The van der Waals surface area contributed by atoms with E-state index in [0.717, 1.165) is 0 Å². The Morgan fingerprint density at radius 1 is 0.809 bits per heavy atom. The van der Waals surface area contributed by atoms with Gasteiger partial charge in [-0.3, -0.25) is 33.8 Å². The van der Waals surface area contributed by atoms with Crippen molar-refractivity contribution in [2.45, 2.75) is 25.4 Å². The summed E-state index contributed by atoms with van der Waals surface area (Å²) in [5.74, 6) is -6.06. The van der Waals surface area contributed by atoms with Gasteiger partial charge in [-0.1, -0.05) is 0 Å². The van der Waals surface area contributed by atoms with E-state index in [0.29, 0.717) is 11.4 Å². The molecule has 1 aromatic carbocycles. The summed E-state index contributed by atoms with van der Waals surface area (Å²) in [7, 11) is 0. The smallest absolute Gasteiger partial charge is 0.326 e. The number of aliphatic carboxylic acids is 5. The molecule has 1 amide bonds. The molecule has 47 heavy (non-hydrogen) atoms. The van der Waals surface area contributed by atoms with E-state index >= 15 is 0 Å². The molecule has 22 nitrogen and oxygen atoms in total. The number of rotatable bonds is 12. The van der Waals surface area contributed by atoms with E-state index in [1.54, 1.807) is 12.1 Å². The van der Waals surface area contributed by atoms with Crippen LogP contribution in [-0.2, 0) is 30.5 Å². The van der Waals surface area contributed by atoms with Crippen LogP contribution in [0.3, 0.4) is 0 Å². The van der Waals surface area contributed by atoms with E-state index in [1.807, 2.05) is 0 Å². The van der Waals surface area contributed by atoms with Gasteiger partial charge in [0.25, 0.3) is 11.5 Å². The number of fused-ring (bicyclic) bond motifs is 1. The molecular formula is C25H34N10O12. The van der Waals surface area contributed by atoms with Crippen molar-refractivity contribution in [3.8, 4) is 0 Å². The average molecular weight is 667 g/mol. The summed E-state index contributed by atoms with van der Waals surface area (Å²) in [4.78, 5) is 88.3. The van der Waals surface area contributed by atoms with E-state index < -0.39 is 47.4 Å². The first kappa shape index (κ1) is 40.7. The monoisotopic (exact) mass is 666 g/mol. The lowest BCUT2D eigenvalue weighted by molar-refractivity contribution is -0.141. The number of nitrogen functional groups attached to an aromatic ring is 1. The average Bonchev–Trinajstić information content (AvgIpc) is 3.02. The first-order chi connectivity index (χ1) is 22.0. The second kappa shape index (κ2) is 21.4.